The first-order chi connectivity index (χ1) is 19.1. The van der Waals surface area contributed by atoms with Crippen LogP contribution in [0.3, 0.4) is 0 Å². The van der Waals surface area contributed by atoms with Crippen LogP contribution in [0.5, 0.6) is 0 Å². The highest BCUT2D eigenvalue weighted by Gasteiger charge is 2.46. The molecule has 0 heterocycles. The van der Waals surface area contributed by atoms with Gasteiger partial charge in [-0.05, 0) is 46.0 Å². The summed E-state index contributed by atoms with van der Waals surface area (Å²) in [4.78, 5) is 0. The Morgan fingerprint density at radius 2 is 0.564 bits per heavy atom. The Morgan fingerprint density at radius 1 is 0.308 bits per heavy atom. The van der Waals surface area contributed by atoms with Gasteiger partial charge in [0.1, 0.15) is 0 Å². The van der Waals surface area contributed by atoms with Gasteiger partial charge < -0.3 is 4.48 Å². The van der Waals surface area contributed by atoms with Crippen LogP contribution in [0.2, 0.25) is 0 Å². The van der Waals surface area contributed by atoms with E-state index in [1.54, 1.807) is 0 Å². The minimum absolute atomic E-state index is 0.534. The van der Waals surface area contributed by atoms with Crippen LogP contribution < -0.4 is 0 Å². The first kappa shape index (κ1) is 39.0. The molecule has 0 aliphatic rings. The van der Waals surface area contributed by atoms with Crippen LogP contribution in [0.1, 0.15) is 221 Å². The van der Waals surface area contributed by atoms with Crippen LogP contribution in [0.15, 0.2) is 0 Å². The number of quaternary nitrogens is 1. The van der Waals surface area contributed by atoms with Gasteiger partial charge in [0.25, 0.3) is 0 Å². The third kappa shape index (κ3) is 18.2. The summed E-state index contributed by atoms with van der Waals surface area (Å²) in [6, 6.07) is 0. The molecule has 0 amide bonds. The maximum absolute atomic E-state index is 2.56. The lowest BCUT2D eigenvalue weighted by molar-refractivity contribution is -0.975. The quantitative estimate of drug-likeness (QED) is 0.0577. The van der Waals surface area contributed by atoms with E-state index in [0.29, 0.717) is 5.54 Å². The Bertz CT molecular complexity index is 449. The molecule has 0 fully saturated rings. The van der Waals surface area contributed by atoms with E-state index < -0.39 is 0 Å². The van der Waals surface area contributed by atoms with E-state index in [-0.39, 0.29) is 0 Å². The largest absolute Gasteiger partial charge is 0.319 e. The molecule has 39 heavy (non-hydrogen) atoms. The highest BCUT2D eigenvalue weighted by Crippen LogP contribution is 2.41. The number of rotatable bonds is 32. The van der Waals surface area contributed by atoms with Gasteiger partial charge in [0.15, 0.2) is 0 Å². The highest BCUT2D eigenvalue weighted by molar-refractivity contribution is 4.83. The molecule has 0 aromatic rings. The maximum atomic E-state index is 2.56. The van der Waals surface area contributed by atoms with Gasteiger partial charge in [-0.1, -0.05) is 156 Å². The summed E-state index contributed by atoms with van der Waals surface area (Å²) in [5, 5.41) is 0. The molecule has 236 valence electrons. The number of nitrogens with zero attached hydrogens (tertiary/aromatic N) is 1. The SMILES string of the molecule is CCCCCCCCCC(CCCCCCCC)(CCCCCCCC)[N+](CC)(CC)CCCCCCCC. The van der Waals surface area contributed by atoms with Crippen LogP contribution in [-0.4, -0.2) is 29.7 Å². The van der Waals surface area contributed by atoms with Crippen LogP contribution >= 0.6 is 0 Å². The Labute approximate surface area is 250 Å². The topological polar surface area (TPSA) is 0 Å². The van der Waals surface area contributed by atoms with E-state index in [4.69, 9.17) is 0 Å². The van der Waals surface area contributed by atoms with E-state index in [1.807, 2.05) is 0 Å². The predicted octanol–water partition coefficient (Wildman–Crippen LogP) is 13.6. The number of unbranched alkanes of at least 4 members (excludes halogenated alkanes) is 21. The molecule has 0 aromatic carbocycles. The number of hydrogen-bond donors (Lipinski definition) is 0. The molecule has 0 bridgehead atoms. The van der Waals surface area contributed by atoms with Crippen molar-refractivity contribution in [2.24, 2.45) is 0 Å². The summed E-state index contributed by atoms with van der Waals surface area (Å²) < 4.78 is 1.43. The lowest BCUT2D eigenvalue weighted by Crippen LogP contribution is -2.64. The molecule has 0 aliphatic carbocycles. The molecular weight excluding hydrogens is 470 g/mol. The van der Waals surface area contributed by atoms with E-state index in [1.165, 1.54) is 204 Å². The lowest BCUT2D eigenvalue weighted by Gasteiger charge is -2.54. The Balaban J connectivity index is 5.57. The zero-order chi connectivity index (χ0) is 28.9. The van der Waals surface area contributed by atoms with Crippen molar-refractivity contribution >= 4 is 0 Å². The predicted molar refractivity (Wildman–Crippen MR) is 181 cm³/mol. The van der Waals surface area contributed by atoms with Gasteiger partial charge in [-0.25, -0.2) is 0 Å². The average molecular weight is 551 g/mol. The van der Waals surface area contributed by atoms with Crippen molar-refractivity contribution in [1.82, 2.24) is 0 Å². The molecule has 0 rings (SSSR count). The zero-order valence-corrected chi connectivity index (χ0v) is 28.9. The molecule has 1 nitrogen and oxygen atoms in total. The molecule has 0 atom stereocenters. The second-order valence-corrected chi connectivity index (χ2v) is 13.4. The summed E-state index contributed by atoms with van der Waals surface area (Å²) in [5.41, 5.74) is 0.534. The van der Waals surface area contributed by atoms with Crippen molar-refractivity contribution in [2.75, 3.05) is 19.6 Å². The third-order valence-corrected chi connectivity index (χ3v) is 10.4. The molecular formula is C38H80N+. The molecule has 0 spiro atoms. The first-order valence-corrected chi connectivity index (χ1v) is 19.0. The summed E-state index contributed by atoms with van der Waals surface area (Å²) in [5.74, 6) is 0. The van der Waals surface area contributed by atoms with Gasteiger partial charge in [0.2, 0.25) is 0 Å². The Kier molecular flexibility index (Phi) is 28.1. The van der Waals surface area contributed by atoms with Crippen LogP contribution in [0.4, 0.5) is 0 Å². The summed E-state index contributed by atoms with van der Waals surface area (Å²) in [6.45, 7) is 18.7. The summed E-state index contributed by atoms with van der Waals surface area (Å²) in [6.07, 6.45) is 40.6. The second kappa shape index (κ2) is 28.1. The molecule has 0 N–H and O–H groups in total. The summed E-state index contributed by atoms with van der Waals surface area (Å²) >= 11 is 0. The van der Waals surface area contributed by atoms with Gasteiger partial charge >= 0.3 is 0 Å². The van der Waals surface area contributed by atoms with Crippen molar-refractivity contribution in [1.29, 1.82) is 0 Å². The molecule has 0 radical (unpaired) electrons. The Hall–Kier alpha value is -0.0400. The fourth-order valence-electron chi connectivity index (χ4n) is 7.61. The van der Waals surface area contributed by atoms with E-state index >= 15 is 0 Å². The van der Waals surface area contributed by atoms with Crippen molar-refractivity contribution in [3.05, 3.63) is 0 Å². The van der Waals surface area contributed by atoms with Crippen molar-refractivity contribution < 1.29 is 4.48 Å². The van der Waals surface area contributed by atoms with Crippen LogP contribution in [-0.2, 0) is 0 Å². The molecule has 0 unspecified atom stereocenters. The fraction of sp³-hybridized carbons (Fsp3) is 1.00. The van der Waals surface area contributed by atoms with Crippen LogP contribution in [0, 0.1) is 0 Å². The van der Waals surface area contributed by atoms with E-state index in [2.05, 4.69) is 41.5 Å². The lowest BCUT2D eigenvalue weighted by atomic mass is 9.77. The fourth-order valence-corrected chi connectivity index (χ4v) is 7.61. The highest BCUT2D eigenvalue weighted by atomic mass is 15.4. The van der Waals surface area contributed by atoms with Crippen molar-refractivity contribution in [3.63, 3.8) is 0 Å². The van der Waals surface area contributed by atoms with Gasteiger partial charge in [0, 0.05) is 19.3 Å². The van der Waals surface area contributed by atoms with E-state index in [9.17, 15) is 0 Å². The zero-order valence-electron chi connectivity index (χ0n) is 28.9. The number of hydrogen-bond acceptors (Lipinski definition) is 0. The minimum Gasteiger partial charge on any atom is -0.319 e. The smallest absolute Gasteiger partial charge is 0.0992 e. The maximum Gasteiger partial charge on any atom is 0.0992 e. The van der Waals surface area contributed by atoms with Gasteiger partial charge in [-0.2, -0.15) is 0 Å². The van der Waals surface area contributed by atoms with Gasteiger partial charge in [-0.3, -0.25) is 0 Å². The Morgan fingerprint density at radius 3 is 0.846 bits per heavy atom. The molecule has 0 aliphatic heterocycles. The van der Waals surface area contributed by atoms with Gasteiger partial charge in [0.05, 0.1) is 25.2 Å². The molecule has 0 aromatic heterocycles. The van der Waals surface area contributed by atoms with Crippen LogP contribution in [0.25, 0.3) is 0 Å². The van der Waals surface area contributed by atoms with Crippen molar-refractivity contribution in [3.8, 4) is 0 Å². The minimum atomic E-state index is 0.534. The molecule has 0 saturated heterocycles. The monoisotopic (exact) mass is 551 g/mol. The summed E-state index contributed by atoms with van der Waals surface area (Å²) in [7, 11) is 0. The first-order valence-electron chi connectivity index (χ1n) is 19.0. The molecule has 1 heteroatoms. The second-order valence-electron chi connectivity index (χ2n) is 13.4. The normalized spacial score (nSPS) is 12.5. The van der Waals surface area contributed by atoms with Gasteiger partial charge in [-0.15, -0.1) is 0 Å². The standard InChI is InChI=1S/C38H80N/c1-7-13-17-21-25-28-32-36-38(34-30-26-22-18-14-8-2,35-31-27-23-19-15-9-3)39(11-5,12-6)37-33-29-24-20-16-10-4/h7-37H2,1-6H3/q+1. The molecule has 0 saturated carbocycles. The van der Waals surface area contributed by atoms with E-state index in [0.717, 1.165) is 0 Å². The average Bonchev–Trinajstić information content (AvgIpc) is 2.95. The van der Waals surface area contributed by atoms with Crippen molar-refractivity contribution in [2.45, 2.75) is 227 Å². The third-order valence-electron chi connectivity index (χ3n) is 10.4.